The number of hydrogen-bond acceptors (Lipinski definition) is 2. The third-order valence-corrected chi connectivity index (χ3v) is 11.1. The van der Waals surface area contributed by atoms with Crippen LogP contribution in [0.25, 0.3) is 55.9 Å². The van der Waals surface area contributed by atoms with Gasteiger partial charge >= 0.3 is 0 Å². The Morgan fingerprint density at radius 3 is 2.39 bits per heavy atom. The molecule has 5 aromatic carbocycles. The second-order valence-electron chi connectivity index (χ2n) is 14.7. The van der Waals surface area contributed by atoms with Crippen molar-refractivity contribution in [2.75, 3.05) is 4.90 Å². The van der Waals surface area contributed by atoms with E-state index in [0.717, 1.165) is 47.2 Å². The quantitative estimate of drug-likeness (QED) is 0.138. The van der Waals surface area contributed by atoms with Gasteiger partial charge in [-0.05, 0) is 100 Å². The first-order valence-corrected chi connectivity index (χ1v) is 20.0. The van der Waals surface area contributed by atoms with Crippen molar-refractivity contribution in [2.45, 2.75) is 32.6 Å². The lowest BCUT2D eigenvalue weighted by Crippen LogP contribution is -2.20. The van der Waals surface area contributed by atoms with Gasteiger partial charge in [-0.1, -0.05) is 170 Å². The average Bonchev–Trinajstić information content (AvgIpc) is 3.51. The van der Waals surface area contributed by atoms with Crippen LogP contribution in [0.3, 0.4) is 0 Å². The molecule has 1 aromatic heterocycles. The number of benzene rings is 5. The maximum atomic E-state index is 6.54. The first kappa shape index (κ1) is 35.8. The highest BCUT2D eigenvalue weighted by atomic mass is 16.3. The molecule has 1 heterocycles. The molecule has 0 aliphatic heterocycles. The topological polar surface area (TPSA) is 16.4 Å². The molecule has 0 spiro atoms. The summed E-state index contributed by atoms with van der Waals surface area (Å²) in [6.07, 6.45) is 34.5. The van der Waals surface area contributed by atoms with Gasteiger partial charge in [-0.3, -0.25) is 0 Å². The van der Waals surface area contributed by atoms with Crippen LogP contribution in [0.4, 0.5) is 5.69 Å². The first-order chi connectivity index (χ1) is 28.1. The van der Waals surface area contributed by atoms with Crippen molar-refractivity contribution < 1.29 is 4.42 Å². The molecular weight excluding hydrogens is 691 g/mol. The van der Waals surface area contributed by atoms with Gasteiger partial charge in [0.05, 0.1) is 0 Å². The van der Waals surface area contributed by atoms with Gasteiger partial charge in [-0.25, -0.2) is 0 Å². The molecule has 0 amide bonds. The Bertz CT molecular complexity index is 2790. The van der Waals surface area contributed by atoms with E-state index in [1.165, 1.54) is 66.7 Å². The van der Waals surface area contributed by atoms with E-state index in [1.54, 1.807) is 0 Å². The minimum atomic E-state index is 0.708. The number of nitrogens with zero attached hydrogens (tertiary/aromatic N) is 1. The highest BCUT2D eigenvalue weighted by Crippen LogP contribution is 2.42. The summed E-state index contributed by atoms with van der Waals surface area (Å²) in [4.78, 5) is 2.34. The number of para-hydroxylation sites is 1. The number of rotatable bonds is 9. The van der Waals surface area contributed by atoms with Crippen LogP contribution in [-0.4, -0.2) is 0 Å². The Balaban J connectivity index is 1.05. The van der Waals surface area contributed by atoms with E-state index in [2.05, 4.69) is 207 Å². The van der Waals surface area contributed by atoms with E-state index in [1.807, 2.05) is 6.07 Å². The molecule has 0 bridgehead atoms. The summed E-state index contributed by atoms with van der Waals surface area (Å²) in [5.74, 6) is 0. The van der Waals surface area contributed by atoms with Crippen molar-refractivity contribution in [2.24, 2.45) is 0 Å². The van der Waals surface area contributed by atoms with E-state index in [4.69, 9.17) is 4.42 Å². The first-order valence-electron chi connectivity index (χ1n) is 20.0. The van der Waals surface area contributed by atoms with Gasteiger partial charge in [-0.2, -0.15) is 0 Å². The smallest absolute Gasteiger partial charge is 0.143 e. The van der Waals surface area contributed by atoms with Crippen molar-refractivity contribution in [3.05, 3.63) is 234 Å². The Kier molecular flexibility index (Phi) is 10.1. The summed E-state index contributed by atoms with van der Waals surface area (Å²) in [7, 11) is 0. The molecule has 0 saturated heterocycles. The number of allylic oxidation sites excluding steroid dienone is 16. The highest BCUT2D eigenvalue weighted by molar-refractivity contribution is 6.11. The summed E-state index contributed by atoms with van der Waals surface area (Å²) in [6, 6.07) is 39.1. The molecule has 0 atom stereocenters. The minimum Gasteiger partial charge on any atom is -0.455 e. The van der Waals surface area contributed by atoms with Crippen LogP contribution in [0.2, 0.25) is 0 Å². The molecule has 0 N–H and O–H groups in total. The number of furan rings is 1. The van der Waals surface area contributed by atoms with Crippen LogP contribution in [0.5, 0.6) is 0 Å². The molecule has 0 unspecified atom stereocenters. The molecular formula is C55H45NO. The van der Waals surface area contributed by atoms with Crippen molar-refractivity contribution in [1.29, 1.82) is 0 Å². The average molecular weight is 736 g/mol. The number of hydrogen-bond donors (Lipinski definition) is 0. The normalized spacial score (nSPS) is 15.1. The zero-order valence-corrected chi connectivity index (χ0v) is 32.4. The molecule has 9 rings (SSSR count). The van der Waals surface area contributed by atoms with Crippen LogP contribution in [0, 0.1) is 0 Å². The predicted octanol–water partition coefficient (Wildman–Crippen LogP) is 15.0. The minimum absolute atomic E-state index is 0.708. The van der Waals surface area contributed by atoms with Crippen LogP contribution in [0.15, 0.2) is 211 Å². The molecule has 276 valence electrons. The van der Waals surface area contributed by atoms with Crippen LogP contribution >= 0.6 is 0 Å². The lowest BCUT2D eigenvalue weighted by Gasteiger charge is -2.29. The van der Waals surface area contributed by atoms with E-state index in [9.17, 15) is 0 Å². The fourth-order valence-electron chi connectivity index (χ4n) is 8.22. The zero-order valence-electron chi connectivity index (χ0n) is 32.4. The molecule has 6 aromatic rings. The van der Waals surface area contributed by atoms with Gasteiger partial charge in [0.2, 0.25) is 0 Å². The SMILES string of the molecule is C=C(C/C=C\C(=C/C)c1ccccc1)N(C1=CC=C(c2ccc3c(c2)C=CCc2ccc4c(oc5ccccc54)c2-3)C=CC1)c1ccc(C2=CC=CCC=C2)cc1. The number of fused-ring (bicyclic) bond motifs is 7. The Hall–Kier alpha value is -6.90. The van der Waals surface area contributed by atoms with Crippen molar-refractivity contribution in [3.8, 4) is 11.1 Å². The van der Waals surface area contributed by atoms with Crippen molar-refractivity contribution in [3.63, 3.8) is 0 Å². The Labute approximate surface area is 336 Å². The third kappa shape index (κ3) is 7.31. The lowest BCUT2D eigenvalue weighted by molar-refractivity contribution is 0.669. The second kappa shape index (κ2) is 16.1. The van der Waals surface area contributed by atoms with Crippen molar-refractivity contribution in [1.82, 2.24) is 0 Å². The van der Waals surface area contributed by atoms with E-state index < -0.39 is 0 Å². The molecule has 0 fully saturated rings. The van der Waals surface area contributed by atoms with E-state index in [-0.39, 0.29) is 0 Å². The fraction of sp³-hybridized carbons (Fsp3) is 0.0909. The Morgan fingerprint density at radius 2 is 1.51 bits per heavy atom. The van der Waals surface area contributed by atoms with Gasteiger partial charge in [0, 0.05) is 46.3 Å². The third-order valence-electron chi connectivity index (χ3n) is 11.1. The van der Waals surface area contributed by atoms with E-state index in [0.29, 0.717) is 6.42 Å². The molecule has 3 aliphatic carbocycles. The maximum Gasteiger partial charge on any atom is 0.143 e. The van der Waals surface area contributed by atoms with Crippen molar-refractivity contribution >= 4 is 50.4 Å². The summed E-state index contributed by atoms with van der Waals surface area (Å²) >= 11 is 0. The fourth-order valence-corrected chi connectivity index (χ4v) is 8.22. The standard InChI is InChI=1S/C55H45NO/c1-3-40(41-17-9-6-10-18-41)21-13-16-39(2)56(49-34-29-44(30-35-49)42-19-7-4-5-8-20-42)48-25-15-22-43(28-33-48)46-32-36-50-47(38-46)24-14-23-45-31-37-52-51-26-11-12-27-53(51)57-55(52)54(45)50/h3-4,6-15,17-22,24,26-38H,2,5,16,23,25H2,1H3/b21-13-,40-3+. The molecule has 0 saturated carbocycles. The zero-order chi connectivity index (χ0) is 38.6. The largest absolute Gasteiger partial charge is 0.455 e. The maximum absolute atomic E-state index is 6.54. The molecule has 3 aliphatic rings. The number of anilines is 1. The van der Waals surface area contributed by atoms with Crippen LogP contribution < -0.4 is 4.90 Å². The molecule has 2 heteroatoms. The molecule has 57 heavy (non-hydrogen) atoms. The summed E-state index contributed by atoms with van der Waals surface area (Å²) in [5.41, 5.74) is 17.3. The van der Waals surface area contributed by atoms with Crippen LogP contribution in [0.1, 0.15) is 54.0 Å². The van der Waals surface area contributed by atoms with Gasteiger partial charge in [-0.15, -0.1) is 0 Å². The summed E-state index contributed by atoms with van der Waals surface area (Å²) in [6.45, 7) is 6.76. The van der Waals surface area contributed by atoms with Gasteiger partial charge in [0.25, 0.3) is 0 Å². The van der Waals surface area contributed by atoms with E-state index >= 15 is 0 Å². The lowest BCUT2D eigenvalue weighted by atomic mass is 9.91. The highest BCUT2D eigenvalue weighted by Gasteiger charge is 2.21. The second-order valence-corrected chi connectivity index (χ2v) is 14.7. The van der Waals surface area contributed by atoms with Gasteiger partial charge in [0.15, 0.2) is 0 Å². The van der Waals surface area contributed by atoms with Crippen LogP contribution in [-0.2, 0) is 6.42 Å². The molecule has 2 nitrogen and oxygen atoms in total. The van der Waals surface area contributed by atoms with Gasteiger partial charge in [0.1, 0.15) is 11.2 Å². The molecule has 0 radical (unpaired) electrons. The Morgan fingerprint density at radius 1 is 0.719 bits per heavy atom. The summed E-state index contributed by atoms with van der Waals surface area (Å²) in [5, 5.41) is 2.32. The summed E-state index contributed by atoms with van der Waals surface area (Å²) < 4.78 is 6.54. The monoisotopic (exact) mass is 735 g/mol. The van der Waals surface area contributed by atoms with Gasteiger partial charge < -0.3 is 9.32 Å². The predicted molar refractivity (Wildman–Crippen MR) is 244 cm³/mol.